The Bertz CT molecular complexity index is 1340. The third kappa shape index (κ3) is 5.15. The summed E-state index contributed by atoms with van der Waals surface area (Å²) in [5, 5.41) is 9.74. The second-order valence-corrected chi connectivity index (χ2v) is 9.90. The van der Waals surface area contributed by atoms with E-state index in [9.17, 15) is 9.59 Å². The van der Waals surface area contributed by atoms with E-state index in [1.165, 1.54) is 11.8 Å². The Balaban J connectivity index is 1.35. The second kappa shape index (κ2) is 10.6. The number of aliphatic imine (C=N–C) groups is 1. The molecule has 2 amide bonds. The molecule has 182 valence electrons. The van der Waals surface area contributed by atoms with Crippen LogP contribution in [0, 0.1) is 0 Å². The normalized spacial score (nSPS) is 19.2. The first-order chi connectivity index (χ1) is 17.5. The summed E-state index contributed by atoms with van der Waals surface area (Å²) < 4.78 is 5.30. The molecular weight excluding hydrogens is 496 g/mol. The topological polar surface area (TPSA) is 83.4 Å². The average molecular weight is 519 g/mol. The lowest BCUT2D eigenvalue weighted by Crippen LogP contribution is -2.25. The molecule has 2 atom stereocenters. The first-order valence-corrected chi connectivity index (χ1v) is 12.7. The number of ether oxygens (including phenoxy) is 1. The number of nitrogens with zero attached hydrogens (tertiary/aromatic N) is 3. The number of methoxy groups -OCH3 is 1. The van der Waals surface area contributed by atoms with E-state index in [-0.39, 0.29) is 24.3 Å². The third-order valence-electron chi connectivity index (χ3n) is 5.96. The fourth-order valence-electron chi connectivity index (χ4n) is 4.11. The summed E-state index contributed by atoms with van der Waals surface area (Å²) in [6, 6.07) is 24.6. The van der Waals surface area contributed by atoms with Crippen molar-refractivity contribution in [2.45, 2.75) is 24.1 Å². The molecule has 2 aliphatic rings. The zero-order valence-electron chi connectivity index (χ0n) is 19.4. The van der Waals surface area contributed by atoms with Crippen molar-refractivity contribution in [2.75, 3.05) is 12.4 Å². The van der Waals surface area contributed by atoms with Crippen LogP contribution in [0.4, 0.5) is 5.69 Å². The van der Waals surface area contributed by atoms with Crippen LogP contribution in [0.1, 0.15) is 30.0 Å². The number of para-hydroxylation sites is 1. The molecule has 3 aromatic rings. The van der Waals surface area contributed by atoms with Crippen LogP contribution in [-0.4, -0.2) is 40.1 Å². The van der Waals surface area contributed by atoms with Gasteiger partial charge < -0.3 is 10.1 Å². The average Bonchev–Trinajstić information content (AvgIpc) is 3.50. The number of nitrogens with one attached hydrogen (secondary N) is 1. The molecule has 3 aromatic carbocycles. The number of rotatable bonds is 6. The van der Waals surface area contributed by atoms with E-state index >= 15 is 0 Å². The highest BCUT2D eigenvalue weighted by molar-refractivity contribution is 8.15. The zero-order chi connectivity index (χ0) is 25.1. The van der Waals surface area contributed by atoms with Crippen LogP contribution in [0.2, 0.25) is 5.02 Å². The number of carbonyl (C=O) groups is 2. The lowest BCUT2D eigenvalue weighted by atomic mass is 9.98. The fraction of sp³-hybridized carbons (Fsp3) is 0.185. The quantitative estimate of drug-likeness (QED) is 0.464. The molecule has 1 N–H and O–H groups in total. The number of thioether (sulfide) groups is 1. The summed E-state index contributed by atoms with van der Waals surface area (Å²) in [5.41, 5.74) is 3.47. The number of halogens is 1. The number of benzene rings is 3. The Morgan fingerprint density at radius 3 is 2.53 bits per heavy atom. The number of anilines is 1. The van der Waals surface area contributed by atoms with Gasteiger partial charge in [0.25, 0.3) is 5.91 Å². The third-order valence-corrected chi connectivity index (χ3v) is 7.43. The highest BCUT2D eigenvalue weighted by atomic mass is 35.5. The molecule has 36 heavy (non-hydrogen) atoms. The van der Waals surface area contributed by atoms with Gasteiger partial charge in [-0.3, -0.25) is 9.59 Å². The van der Waals surface area contributed by atoms with Crippen LogP contribution in [0.25, 0.3) is 0 Å². The lowest BCUT2D eigenvalue weighted by Gasteiger charge is -2.23. The summed E-state index contributed by atoms with van der Waals surface area (Å²) >= 11 is 7.40. The van der Waals surface area contributed by atoms with Crippen molar-refractivity contribution >= 4 is 51.7 Å². The van der Waals surface area contributed by atoms with Gasteiger partial charge in [0.1, 0.15) is 11.0 Å². The Morgan fingerprint density at radius 2 is 1.81 bits per heavy atom. The van der Waals surface area contributed by atoms with Gasteiger partial charge in [0.2, 0.25) is 5.91 Å². The summed E-state index contributed by atoms with van der Waals surface area (Å²) in [6.07, 6.45) is 0.639. The van der Waals surface area contributed by atoms with E-state index < -0.39 is 5.25 Å². The molecule has 0 unspecified atom stereocenters. The first kappa shape index (κ1) is 24.1. The van der Waals surface area contributed by atoms with E-state index in [0.29, 0.717) is 22.3 Å². The van der Waals surface area contributed by atoms with Gasteiger partial charge in [-0.25, -0.2) is 5.01 Å². The maximum Gasteiger partial charge on any atom is 0.262 e. The van der Waals surface area contributed by atoms with E-state index in [2.05, 4.69) is 10.3 Å². The maximum absolute atomic E-state index is 12.8. The van der Waals surface area contributed by atoms with Crippen molar-refractivity contribution in [3.8, 4) is 5.75 Å². The van der Waals surface area contributed by atoms with Gasteiger partial charge in [0, 0.05) is 12.8 Å². The predicted molar refractivity (Wildman–Crippen MR) is 144 cm³/mol. The molecule has 7 nitrogen and oxygen atoms in total. The molecule has 0 saturated carbocycles. The molecular formula is C27H23ClN4O3S. The minimum Gasteiger partial charge on any atom is -0.497 e. The van der Waals surface area contributed by atoms with Crippen LogP contribution < -0.4 is 10.1 Å². The Labute approximate surface area is 218 Å². The largest absolute Gasteiger partial charge is 0.497 e. The van der Waals surface area contributed by atoms with Crippen LogP contribution in [-0.2, 0) is 9.59 Å². The van der Waals surface area contributed by atoms with Crippen molar-refractivity contribution in [3.63, 3.8) is 0 Å². The number of hydrogen-bond donors (Lipinski definition) is 1. The van der Waals surface area contributed by atoms with Gasteiger partial charge in [-0.15, -0.1) is 0 Å². The Kier molecular flexibility index (Phi) is 7.06. The van der Waals surface area contributed by atoms with E-state index in [1.54, 1.807) is 36.4 Å². The van der Waals surface area contributed by atoms with Gasteiger partial charge in [0.05, 0.1) is 29.6 Å². The van der Waals surface area contributed by atoms with Crippen molar-refractivity contribution in [1.82, 2.24) is 5.01 Å². The van der Waals surface area contributed by atoms with Gasteiger partial charge in [-0.1, -0.05) is 78.0 Å². The first-order valence-electron chi connectivity index (χ1n) is 11.4. The molecule has 0 radical (unpaired) electrons. The molecule has 2 aliphatic heterocycles. The van der Waals surface area contributed by atoms with Crippen LogP contribution in [0.3, 0.4) is 0 Å². The Hall–Kier alpha value is -3.62. The van der Waals surface area contributed by atoms with Crippen molar-refractivity contribution in [3.05, 3.63) is 95.0 Å². The molecule has 0 bridgehead atoms. The lowest BCUT2D eigenvalue weighted by molar-refractivity contribution is -0.121. The molecule has 9 heteroatoms. The minimum absolute atomic E-state index is 0.0159. The van der Waals surface area contributed by atoms with Crippen molar-refractivity contribution in [1.29, 1.82) is 0 Å². The van der Waals surface area contributed by atoms with E-state index in [0.717, 1.165) is 22.6 Å². The molecule has 2 heterocycles. The molecule has 5 rings (SSSR count). The number of carbonyl (C=O) groups excluding carboxylic acids is 2. The summed E-state index contributed by atoms with van der Waals surface area (Å²) in [7, 11) is 1.63. The summed E-state index contributed by atoms with van der Waals surface area (Å²) in [6.45, 7) is 0. The zero-order valence-corrected chi connectivity index (χ0v) is 21.0. The second-order valence-electron chi connectivity index (χ2n) is 8.32. The predicted octanol–water partition coefficient (Wildman–Crippen LogP) is 5.53. The maximum atomic E-state index is 12.8. The highest BCUT2D eigenvalue weighted by Gasteiger charge is 2.39. The fourth-order valence-corrected chi connectivity index (χ4v) is 5.36. The van der Waals surface area contributed by atoms with Gasteiger partial charge >= 0.3 is 0 Å². The van der Waals surface area contributed by atoms with E-state index in [4.69, 9.17) is 21.4 Å². The number of amidine groups is 1. The molecule has 0 aromatic heterocycles. The highest BCUT2D eigenvalue weighted by Crippen LogP contribution is 2.39. The SMILES string of the molecule is COc1ccc([C@H]2CC(c3ccccc3)=NN2C2=NC(=O)[C@H](CC(=O)Nc3ccccc3Cl)S2)cc1. The van der Waals surface area contributed by atoms with Gasteiger partial charge in [0.15, 0.2) is 5.17 Å². The summed E-state index contributed by atoms with van der Waals surface area (Å²) in [4.78, 5) is 29.7. The number of amides is 2. The van der Waals surface area contributed by atoms with E-state index in [1.807, 2.05) is 54.6 Å². The summed E-state index contributed by atoms with van der Waals surface area (Å²) in [5.74, 6) is 0.119. The monoisotopic (exact) mass is 518 g/mol. The van der Waals surface area contributed by atoms with Gasteiger partial charge in [-0.2, -0.15) is 10.1 Å². The van der Waals surface area contributed by atoms with Crippen LogP contribution in [0.15, 0.2) is 89.0 Å². The van der Waals surface area contributed by atoms with Gasteiger partial charge in [-0.05, 0) is 35.4 Å². The smallest absolute Gasteiger partial charge is 0.262 e. The number of hydrogen-bond acceptors (Lipinski definition) is 6. The van der Waals surface area contributed by atoms with Crippen LogP contribution in [0.5, 0.6) is 5.75 Å². The standard InChI is InChI=1S/C27H23ClN4O3S/c1-35-19-13-11-18(12-14-19)23-15-22(17-7-3-2-4-8-17)31-32(23)27-30-26(34)24(36-27)16-25(33)29-21-10-6-5-9-20(21)28/h2-14,23-24H,15-16H2,1H3,(H,29,33)/t23-,24+/m1/s1. The number of hydrazone groups is 1. The van der Waals surface area contributed by atoms with Crippen molar-refractivity contribution in [2.24, 2.45) is 10.1 Å². The molecule has 0 aliphatic carbocycles. The molecule has 0 saturated heterocycles. The molecule has 0 fully saturated rings. The molecule has 0 spiro atoms. The van der Waals surface area contributed by atoms with Crippen LogP contribution >= 0.6 is 23.4 Å². The van der Waals surface area contributed by atoms with Crippen molar-refractivity contribution < 1.29 is 14.3 Å². The minimum atomic E-state index is -0.630. The Morgan fingerprint density at radius 1 is 1.08 bits per heavy atom.